The molecule has 0 saturated carbocycles. The smallest absolute Gasteiger partial charge is 0.311 e. The van der Waals surface area contributed by atoms with Crippen LogP contribution in [0.3, 0.4) is 0 Å². The number of aryl methyl sites for hydroxylation is 2. The highest BCUT2D eigenvalue weighted by atomic mass is 127. The van der Waals surface area contributed by atoms with Crippen LogP contribution in [-0.4, -0.2) is 47.7 Å². The minimum atomic E-state index is -0.451. The second-order valence-corrected chi connectivity index (χ2v) is 7.17. The maximum Gasteiger partial charge on any atom is 0.311 e. The second kappa shape index (κ2) is 8.86. The van der Waals surface area contributed by atoms with Crippen molar-refractivity contribution in [2.75, 3.05) is 20.1 Å². The van der Waals surface area contributed by atoms with E-state index in [1.807, 2.05) is 34.6 Å². The third-order valence-corrected chi connectivity index (χ3v) is 4.04. The molecule has 1 atom stereocenters. The van der Waals surface area contributed by atoms with E-state index in [2.05, 4.69) is 20.4 Å². The summed E-state index contributed by atoms with van der Waals surface area (Å²) in [7, 11) is 1.75. The van der Waals surface area contributed by atoms with Crippen LogP contribution in [0.2, 0.25) is 0 Å². The summed E-state index contributed by atoms with van der Waals surface area (Å²) in [6.07, 6.45) is 0.779. The van der Waals surface area contributed by atoms with Gasteiger partial charge in [-0.2, -0.15) is 0 Å². The fourth-order valence-electron chi connectivity index (χ4n) is 2.78. The summed E-state index contributed by atoms with van der Waals surface area (Å²) in [5.41, 5.74) is 1.47. The Hall–Kier alpha value is -1.32. The minimum Gasteiger partial charge on any atom is -0.460 e. The number of aliphatic imine (C=N–C) groups is 1. The molecule has 1 aliphatic heterocycles. The minimum absolute atomic E-state index is 0. The number of esters is 1. The largest absolute Gasteiger partial charge is 0.460 e. The fraction of sp³-hybridized carbons (Fsp3) is 0.706. The number of guanidine groups is 1. The number of likely N-dealkylation sites (tertiary alicyclic amines) is 1. The van der Waals surface area contributed by atoms with Crippen molar-refractivity contribution in [1.82, 2.24) is 15.4 Å². The Balaban J connectivity index is 0.00000312. The van der Waals surface area contributed by atoms with Crippen molar-refractivity contribution in [3.8, 4) is 0 Å². The molecule has 2 heterocycles. The molecule has 1 fully saturated rings. The lowest BCUT2D eigenvalue weighted by Crippen LogP contribution is -2.40. The zero-order valence-corrected chi connectivity index (χ0v) is 18.2. The lowest BCUT2D eigenvalue weighted by molar-refractivity contribution is -0.159. The number of aromatic nitrogens is 1. The molecule has 1 aromatic heterocycles. The first-order valence-electron chi connectivity index (χ1n) is 8.31. The average molecular weight is 464 g/mol. The van der Waals surface area contributed by atoms with Gasteiger partial charge in [-0.15, -0.1) is 24.0 Å². The normalized spacial score (nSPS) is 18.1. The summed E-state index contributed by atoms with van der Waals surface area (Å²) in [6.45, 7) is 11.5. The molecule has 0 aliphatic carbocycles. The maximum absolute atomic E-state index is 12.2. The van der Waals surface area contributed by atoms with Crippen molar-refractivity contribution in [3.05, 3.63) is 17.0 Å². The van der Waals surface area contributed by atoms with Crippen LogP contribution in [0.4, 0.5) is 0 Å². The molecule has 0 spiro atoms. The van der Waals surface area contributed by atoms with Gasteiger partial charge in [0, 0.05) is 32.2 Å². The number of nitrogens with zero attached hydrogens (tertiary/aromatic N) is 3. The standard InChI is InChI=1S/C17H28N4O3.HI/c1-11-14(12(2)24-20-11)9-19-16(18-6)21-8-7-13(10-21)15(22)23-17(3,4)5;/h13H,7-10H2,1-6H3,(H,18,19);1H. The number of carbonyl (C=O) groups excluding carboxylic acids is 1. The van der Waals surface area contributed by atoms with Gasteiger partial charge in [0.05, 0.1) is 11.6 Å². The van der Waals surface area contributed by atoms with E-state index in [0.29, 0.717) is 13.1 Å². The summed E-state index contributed by atoms with van der Waals surface area (Å²) in [5, 5.41) is 7.28. The van der Waals surface area contributed by atoms with Gasteiger partial charge < -0.3 is 19.5 Å². The number of hydrogen-bond donors (Lipinski definition) is 1. The number of ether oxygens (including phenoxy) is 1. The van der Waals surface area contributed by atoms with Gasteiger partial charge in [0.2, 0.25) is 0 Å². The van der Waals surface area contributed by atoms with Gasteiger partial charge in [-0.3, -0.25) is 9.79 Å². The lowest BCUT2D eigenvalue weighted by atomic mass is 10.1. The first kappa shape index (κ1) is 21.7. The summed E-state index contributed by atoms with van der Waals surface area (Å²) in [4.78, 5) is 18.6. The molecule has 8 heteroatoms. The molecule has 2 rings (SSSR count). The lowest BCUT2D eigenvalue weighted by Gasteiger charge is -2.23. The Morgan fingerprint density at radius 1 is 1.44 bits per heavy atom. The van der Waals surface area contributed by atoms with Gasteiger partial charge in [0.15, 0.2) is 5.96 Å². The van der Waals surface area contributed by atoms with Crippen LogP contribution in [0, 0.1) is 19.8 Å². The highest BCUT2D eigenvalue weighted by Gasteiger charge is 2.33. The summed E-state index contributed by atoms with van der Waals surface area (Å²) in [5.74, 6) is 1.34. The predicted octanol–water partition coefficient (Wildman–Crippen LogP) is 2.65. The molecule has 142 valence electrons. The van der Waals surface area contributed by atoms with Crippen LogP contribution in [0.1, 0.15) is 44.2 Å². The van der Waals surface area contributed by atoms with E-state index in [-0.39, 0.29) is 35.9 Å². The van der Waals surface area contributed by atoms with Crippen molar-refractivity contribution in [2.24, 2.45) is 10.9 Å². The third kappa shape index (κ3) is 5.86. The molecule has 1 unspecified atom stereocenters. The Morgan fingerprint density at radius 2 is 2.12 bits per heavy atom. The van der Waals surface area contributed by atoms with Crippen molar-refractivity contribution in [1.29, 1.82) is 0 Å². The van der Waals surface area contributed by atoms with E-state index in [1.165, 1.54) is 0 Å². The van der Waals surface area contributed by atoms with Gasteiger partial charge in [-0.1, -0.05) is 5.16 Å². The Morgan fingerprint density at radius 3 is 2.64 bits per heavy atom. The van der Waals surface area contributed by atoms with Crippen LogP contribution in [0.5, 0.6) is 0 Å². The van der Waals surface area contributed by atoms with Gasteiger partial charge in [0.1, 0.15) is 11.4 Å². The van der Waals surface area contributed by atoms with E-state index in [0.717, 1.165) is 35.9 Å². The summed E-state index contributed by atoms with van der Waals surface area (Å²) in [6, 6.07) is 0. The van der Waals surface area contributed by atoms with Crippen LogP contribution in [0.15, 0.2) is 9.52 Å². The zero-order chi connectivity index (χ0) is 17.9. The number of halogens is 1. The molecule has 0 aromatic carbocycles. The van der Waals surface area contributed by atoms with Crippen molar-refractivity contribution in [2.45, 2.75) is 53.2 Å². The molecule has 7 nitrogen and oxygen atoms in total. The molecule has 0 radical (unpaired) electrons. The predicted molar refractivity (Wildman–Crippen MR) is 107 cm³/mol. The van der Waals surface area contributed by atoms with Crippen LogP contribution >= 0.6 is 24.0 Å². The highest BCUT2D eigenvalue weighted by molar-refractivity contribution is 14.0. The second-order valence-electron chi connectivity index (χ2n) is 7.17. The molecule has 1 N–H and O–H groups in total. The van der Waals surface area contributed by atoms with Gasteiger partial charge in [0.25, 0.3) is 0 Å². The van der Waals surface area contributed by atoms with E-state index in [9.17, 15) is 4.79 Å². The van der Waals surface area contributed by atoms with E-state index >= 15 is 0 Å². The van der Waals surface area contributed by atoms with Crippen molar-refractivity contribution in [3.63, 3.8) is 0 Å². The Labute approximate surface area is 166 Å². The van der Waals surface area contributed by atoms with Crippen molar-refractivity contribution < 1.29 is 14.1 Å². The first-order chi connectivity index (χ1) is 11.2. The quantitative estimate of drug-likeness (QED) is 0.321. The maximum atomic E-state index is 12.2. The molecule has 25 heavy (non-hydrogen) atoms. The monoisotopic (exact) mass is 464 g/mol. The highest BCUT2D eigenvalue weighted by Crippen LogP contribution is 2.21. The van der Waals surface area contributed by atoms with Gasteiger partial charge in [-0.25, -0.2) is 0 Å². The zero-order valence-electron chi connectivity index (χ0n) is 15.9. The summed E-state index contributed by atoms with van der Waals surface area (Å²) < 4.78 is 10.7. The van der Waals surface area contributed by atoms with E-state index in [1.54, 1.807) is 7.05 Å². The average Bonchev–Trinajstić information content (AvgIpc) is 3.08. The SMILES string of the molecule is CN=C(NCc1c(C)noc1C)N1CCC(C(=O)OC(C)(C)C)C1.I. The van der Waals surface area contributed by atoms with E-state index < -0.39 is 5.60 Å². The van der Waals surface area contributed by atoms with Gasteiger partial charge in [-0.05, 0) is 41.0 Å². The Kier molecular flexibility index (Phi) is 7.70. The fourth-order valence-corrected chi connectivity index (χ4v) is 2.78. The van der Waals surface area contributed by atoms with Crippen LogP contribution < -0.4 is 5.32 Å². The number of rotatable bonds is 3. The number of nitrogens with one attached hydrogen (secondary N) is 1. The first-order valence-corrected chi connectivity index (χ1v) is 8.31. The topological polar surface area (TPSA) is 80.0 Å². The van der Waals surface area contributed by atoms with Gasteiger partial charge >= 0.3 is 5.97 Å². The van der Waals surface area contributed by atoms with Crippen LogP contribution in [0.25, 0.3) is 0 Å². The van der Waals surface area contributed by atoms with Crippen molar-refractivity contribution >= 4 is 35.9 Å². The molecule has 1 saturated heterocycles. The number of hydrogen-bond acceptors (Lipinski definition) is 5. The molecular weight excluding hydrogens is 435 g/mol. The molecule has 0 bridgehead atoms. The number of carbonyl (C=O) groups is 1. The summed E-state index contributed by atoms with van der Waals surface area (Å²) >= 11 is 0. The molecule has 1 aromatic rings. The van der Waals surface area contributed by atoms with E-state index in [4.69, 9.17) is 9.26 Å². The Bertz CT molecular complexity index is 602. The third-order valence-electron chi connectivity index (χ3n) is 4.04. The molecule has 0 amide bonds. The molecule has 1 aliphatic rings. The molecular formula is C17H29IN4O3. The van der Waals surface area contributed by atoms with Crippen LogP contribution in [-0.2, 0) is 16.1 Å².